The van der Waals surface area contributed by atoms with E-state index in [0.29, 0.717) is 5.56 Å². The lowest BCUT2D eigenvalue weighted by molar-refractivity contribution is -0.384. The van der Waals surface area contributed by atoms with E-state index in [9.17, 15) is 14.9 Å². The van der Waals surface area contributed by atoms with Crippen molar-refractivity contribution in [3.63, 3.8) is 0 Å². The minimum absolute atomic E-state index is 0.0247. The molecule has 1 rings (SSSR count). The SMILES string of the molecule is CCOC(=O)C#Cc1ccc(Cl)c([N+](=O)[O-])c1. The summed E-state index contributed by atoms with van der Waals surface area (Å²) in [7, 11) is 0. The molecule has 0 amide bonds. The summed E-state index contributed by atoms with van der Waals surface area (Å²) >= 11 is 5.62. The third-order valence-electron chi connectivity index (χ3n) is 1.73. The first-order valence-corrected chi connectivity index (χ1v) is 5.05. The van der Waals surface area contributed by atoms with Crippen molar-refractivity contribution >= 4 is 23.3 Å². The van der Waals surface area contributed by atoms with Gasteiger partial charge in [0, 0.05) is 17.6 Å². The molecule has 0 bridgehead atoms. The van der Waals surface area contributed by atoms with Gasteiger partial charge < -0.3 is 4.74 Å². The number of nitrogens with zero attached hydrogens (tertiary/aromatic N) is 1. The molecule has 0 fully saturated rings. The fraction of sp³-hybridized carbons (Fsp3) is 0.182. The van der Waals surface area contributed by atoms with Gasteiger partial charge in [0.05, 0.1) is 11.5 Å². The molecular formula is C11H8ClNO4. The number of hydrogen-bond acceptors (Lipinski definition) is 4. The molecule has 0 aromatic heterocycles. The van der Waals surface area contributed by atoms with Crippen LogP contribution in [-0.4, -0.2) is 17.5 Å². The highest BCUT2D eigenvalue weighted by atomic mass is 35.5. The van der Waals surface area contributed by atoms with Crippen LogP contribution in [0.25, 0.3) is 0 Å². The zero-order chi connectivity index (χ0) is 12.8. The highest BCUT2D eigenvalue weighted by molar-refractivity contribution is 6.32. The number of nitro benzene ring substituents is 1. The second-order valence-electron chi connectivity index (χ2n) is 2.89. The Labute approximate surface area is 102 Å². The molecule has 17 heavy (non-hydrogen) atoms. The molecule has 0 spiro atoms. The Morgan fingerprint density at radius 2 is 2.29 bits per heavy atom. The van der Waals surface area contributed by atoms with Crippen LogP contribution < -0.4 is 0 Å². The molecule has 1 aromatic carbocycles. The van der Waals surface area contributed by atoms with Crippen molar-refractivity contribution in [1.29, 1.82) is 0 Å². The minimum atomic E-state index is -0.676. The third kappa shape index (κ3) is 3.78. The maximum absolute atomic E-state index is 10.9. The predicted octanol–water partition coefficient (Wildman–Crippen LogP) is 2.16. The zero-order valence-electron chi connectivity index (χ0n) is 8.90. The first-order valence-electron chi connectivity index (χ1n) is 4.67. The van der Waals surface area contributed by atoms with E-state index in [-0.39, 0.29) is 17.3 Å². The normalized spacial score (nSPS) is 9.06. The summed E-state index contributed by atoms with van der Waals surface area (Å²) in [6.45, 7) is 1.89. The van der Waals surface area contributed by atoms with Crippen molar-refractivity contribution in [1.82, 2.24) is 0 Å². The van der Waals surface area contributed by atoms with Gasteiger partial charge in [-0.1, -0.05) is 17.5 Å². The number of ether oxygens (including phenoxy) is 1. The molecule has 0 saturated carbocycles. The van der Waals surface area contributed by atoms with Crippen LogP contribution >= 0.6 is 11.6 Å². The van der Waals surface area contributed by atoms with Gasteiger partial charge >= 0.3 is 5.97 Å². The quantitative estimate of drug-likeness (QED) is 0.350. The summed E-state index contributed by atoms with van der Waals surface area (Å²) in [5.74, 6) is 4.00. The number of carbonyl (C=O) groups excluding carboxylic acids is 1. The standard InChI is InChI=1S/C11H8ClNO4/c1-2-17-11(14)6-4-8-3-5-9(12)10(7-8)13(15)16/h3,5,7H,2H2,1H3. The van der Waals surface area contributed by atoms with Crippen molar-refractivity contribution in [2.75, 3.05) is 6.61 Å². The van der Waals surface area contributed by atoms with Crippen LogP contribution in [0, 0.1) is 22.0 Å². The molecule has 0 aliphatic rings. The monoisotopic (exact) mass is 253 g/mol. The van der Waals surface area contributed by atoms with Gasteiger partial charge in [-0.3, -0.25) is 10.1 Å². The average Bonchev–Trinajstić information content (AvgIpc) is 2.28. The number of carbonyl (C=O) groups is 1. The average molecular weight is 254 g/mol. The molecule has 0 aliphatic heterocycles. The molecule has 0 radical (unpaired) electrons. The maximum Gasteiger partial charge on any atom is 0.384 e. The molecule has 1 aromatic rings. The van der Waals surface area contributed by atoms with Gasteiger partial charge in [-0.15, -0.1) is 0 Å². The van der Waals surface area contributed by atoms with Gasteiger partial charge in [0.15, 0.2) is 0 Å². The summed E-state index contributed by atoms with van der Waals surface area (Å²) in [5, 5.41) is 10.6. The van der Waals surface area contributed by atoms with Crippen molar-refractivity contribution < 1.29 is 14.5 Å². The topological polar surface area (TPSA) is 69.4 Å². The van der Waals surface area contributed by atoms with E-state index >= 15 is 0 Å². The van der Waals surface area contributed by atoms with Crippen molar-refractivity contribution in [2.45, 2.75) is 6.92 Å². The van der Waals surface area contributed by atoms with E-state index in [2.05, 4.69) is 16.6 Å². The number of rotatable bonds is 2. The van der Waals surface area contributed by atoms with E-state index in [1.54, 1.807) is 6.92 Å². The van der Waals surface area contributed by atoms with Crippen LogP contribution in [0.5, 0.6) is 0 Å². The largest absolute Gasteiger partial charge is 0.456 e. The Kier molecular flexibility index (Phi) is 4.49. The van der Waals surface area contributed by atoms with Gasteiger partial charge in [-0.2, -0.15) is 0 Å². The van der Waals surface area contributed by atoms with Crippen LogP contribution in [0.4, 0.5) is 5.69 Å². The highest BCUT2D eigenvalue weighted by Gasteiger charge is 2.11. The summed E-state index contributed by atoms with van der Waals surface area (Å²) < 4.78 is 4.59. The summed E-state index contributed by atoms with van der Waals surface area (Å²) in [5.41, 5.74) is 0.0801. The number of nitro groups is 1. The molecule has 0 saturated heterocycles. The molecule has 5 nitrogen and oxygen atoms in total. The molecular weight excluding hydrogens is 246 g/mol. The van der Waals surface area contributed by atoms with E-state index in [1.807, 2.05) is 0 Å². The first kappa shape index (κ1) is 13.0. The molecule has 88 valence electrons. The van der Waals surface area contributed by atoms with Crippen molar-refractivity contribution in [2.24, 2.45) is 0 Å². The van der Waals surface area contributed by atoms with E-state index in [0.717, 1.165) is 0 Å². The Morgan fingerprint density at radius 3 is 2.88 bits per heavy atom. The third-order valence-corrected chi connectivity index (χ3v) is 2.05. The van der Waals surface area contributed by atoms with Crippen molar-refractivity contribution in [3.05, 3.63) is 38.9 Å². The smallest absolute Gasteiger partial charge is 0.384 e. The minimum Gasteiger partial charge on any atom is -0.456 e. The van der Waals surface area contributed by atoms with Gasteiger partial charge in [0.1, 0.15) is 5.02 Å². The Balaban J connectivity index is 2.97. The van der Waals surface area contributed by atoms with Crippen LogP contribution in [-0.2, 0) is 9.53 Å². The Morgan fingerprint density at radius 1 is 1.59 bits per heavy atom. The first-order chi connectivity index (χ1) is 8.04. The number of esters is 1. The second-order valence-corrected chi connectivity index (χ2v) is 3.30. The van der Waals surface area contributed by atoms with E-state index < -0.39 is 10.9 Å². The summed E-state index contributed by atoms with van der Waals surface area (Å²) in [6, 6.07) is 4.05. The molecule has 0 N–H and O–H groups in total. The van der Waals surface area contributed by atoms with Gasteiger partial charge in [0.25, 0.3) is 5.69 Å². The molecule has 0 aliphatic carbocycles. The highest BCUT2D eigenvalue weighted by Crippen LogP contribution is 2.24. The number of hydrogen-bond donors (Lipinski definition) is 0. The summed E-state index contributed by atoms with van der Waals surface area (Å²) in [4.78, 5) is 20.9. The van der Waals surface area contributed by atoms with Crippen LogP contribution in [0.2, 0.25) is 5.02 Å². The number of benzene rings is 1. The van der Waals surface area contributed by atoms with E-state index in [4.69, 9.17) is 11.6 Å². The summed E-state index contributed by atoms with van der Waals surface area (Å²) in [6.07, 6.45) is 0. The lowest BCUT2D eigenvalue weighted by atomic mass is 10.2. The number of halogens is 1. The molecule has 0 unspecified atom stereocenters. The lowest BCUT2D eigenvalue weighted by Crippen LogP contribution is -1.99. The van der Waals surface area contributed by atoms with Crippen LogP contribution in [0.1, 0.15) is 12.5 Å². The van der Waals surface area contributed by atoms with Gasteiger partial charge in [0.2, 0.25) is 0 Å². The zero-order valence-corrected chi connectivity index (χ0v) is 9.65. The second kappa shape index (κ2) is 5.87. The molecule has 0 heterocycles. The molecule has 6 heteroatoms. The fourth-order valence-electron chi connectivity index (χ4n) is 1.02. The van der Waals surface area contributed by atoms with Crippen molar-refractivity contribution in [3.8, 4) is 11.8 Å². The Bertz CT molecular complexity index is 516. The van der Waals surface area contributed by atoms with Crippen LogP contribution in [0.15, 0.2) is 18.2 Å². The van der Waals surface area contributed by atoms with E-state index in [1.165, 1.54) is 18.2 Å². The molecule has 0 atom stereocenters. The maximum atomic E-state index is 10.9. The fourth-order valence-corrected chi connectivity index (χ4v) is 1.21. The predicted molar refractivity (Wildman–Crippen MR) is 61.6 cm³/mol. The lowest BCUT2D eigenvalue weighted by Gasteiger charge is -1.95. The van der Waals surface area contributed by atoms with Gasteiger partial charge in [-0.05, 0) is 19.1 Å². The van der Waals surface area contributed by atoms with Gasteiger partial charge in [-0.25, -0.2) is 4.79 Å². The Hall–Kier alpha value is -2.06. The van der Waals surface area contributed by atoms with Crippen LogP contribution in [0.3, 0.4) is 0 Å².